The Balaban J connectivity index is 1.19. The number of nitrogens with one attached hydrogen (secondary N) is 14. The number of rotatable bonds is 44. The van der Waals surface area contributed by atoms with E-state index >= 15 is 0 Å². The number of unbranched alkanes of at least 4 members (excludes halogenated alkanes) is 14. The standard InChI is InChI=1S/C49H82N22O12/c72-38(22-11-3-1-5-13-24-50-44(74)64-40-56-32-60-68-40)80-30-36(82-48(78)54-28-17-9-7-15-26-52-46(76)66-42-58-34-62-70-42)20-19-21-37(83-49(79)55-29-18-10-8-16-27-53-47(77)67-43-59-35-63-71-43)31-81-39(73)23-12-4-2-6-14-25-51-45(75)65-41-57-33-61-69-41/h32-37H,1-31H2,(H,54,78)(H,55,79)(H3,50,56,60,64,68,74)(H3,51,57,61,65,69,75)(H3,52,58,62,66,70,76)(H3,53,59,63,67,71,77). The van der Waals surface area contributed by atoms with Crippen molar-refractivity contribution in [1.82, 2.24) is 92.6 Å². The molecular formula is C49H82N22O12. The van der Waals surface area contributed by atoms with Crippen molar-refractivity contribution in [1.29, 1.82) is 0 Å². The van der Waals surface area contributed by atoms with Crippen LogP contribution in [-0.2, 0) is 28.5 Å². The number of urea groups is 4. The fourth-order valence-electron chi connectivity index (χ4n) is 7.74. The molecule has 0 saturated carbocycles. The second kappa shape index (κ2) is 42.9. The fraction of sp³-hybridized carbons (Fsp3) is 0.673. The first kappa shape index (κ1) is 66.6. The van der Waals surface area contributed by atoms with Gasteiger partial charge in [0.15, 0.2) is 0 Å². The van der Waals surface area contributed by atoms with Crippen LogP contribution in [0.25, 0.3) is 0 Å². The van der Waals surface area contributed by atoms with Crippen LogP contribution in [0.2, 0.25) is 0 Å². The van der Waals surface area contributed by atoms with Crippen molar-refractivity contribution in [3.05, 3.63) is 25.3 Å². The molecule has 4 rings (SSSR count). The van der Waals surface area contributed by atoms with E-state index in [1.165, 1.54) is 25.3 Å². The lowest BCUT2D eigenvalue weighted by Gasteiger charge is -2.21. The number of esters is 2. The lowest BCUT2D eigenvalue weighted by atomic mass is 10.1. The minimum Gasteiger partial charge on any atom is -0.462 e. The van der Waals surface area contributed by atoms with Crippen molar-refractivity contribution in [2.45, 2.75) is 160 Å². The number of nitrogens with zero attached hydrogens (tertiary/aromatic N) is 8. The largest absolute Gasteiger partial charge is 0.462 e. The number of amides is 10. The van der Waals surface area contributed by atoms with Crippen LogP contribution in [0.15, 0.2) is 25.3 Å². The second-order valence-electron chi connectivity index (χ2n) is 18.9. The van der Waals surface area contributed by atoms with Gasteiger partial charge in [-0.15, -0.1) is 0 Å². The molecular weight excluding hydrogens is 1090 g/mol. The van der Waals surface area contributed by atoms with Gasteiger partial charge in [0.25, 0.3) is 0 Å². The van der Waals surface area contributed by atoms with Crippen LogP contribution in [0, 0.1) is 0 Å². The van der Waals surface area contributed by atoms with Crippen molar-refractivity contribution >= 4 is 72.0 Å². The number of H-pyrrole nitrogens is 4. The van der Waals surface area contributed by atoms with Gasteiger partial charge in [-0.2, -0.15) is 40.3 Å². The summed E-state index contributed by atoms with van der Waals surface area (Å²) in [6, 6.07) is -1.61. The van der Waals surface area contributed by atoms with E-state index in [0.717, 1.165) is 77.0 Å². The third-order valence-electron chi connectivity index (χ3n) is 12.1. The molecule has 10 amide bonds. The van der Waals surface area contributed by atoms with Gasteiger partial charge in [0.05, 0.1) is 0 Å². The van der Waals surface area contributed by atoms with Crippen LogP contribution in [0.1, 0.15) is 148 Å². The quantitative estimate of drug-likeness (QED) is 0.0157. The van der Waals surface area contributed by atoms with Crippen LogP contribution in [0.3, 0.4) is 0 Å². The zero-order valence-corrected chi connectivity index (χ0v) is 46.9. The molecule has 2 atom stereocenters. The average Bonchev–Trinajstić information content (AvgIpc) is 4.35. The summed E-state index contributed by atoms with van der Waals surface area (Å²) in [5, 5.41) is 51.5. The number of carbonyl (C=O) groups is 8. The first-order valence-electron chi connectivity index (χ1n) is 28.3. The maximum absolute atomic E-state index is 13.1. The summed E-state index contributed by atoms with van der Waals surface area (Å²) in [6.07, 6.45) is 16.4. The van der Waals surface area contributed by atoms with Gasteiger partial charge >= 0.3 is 48.2 Å². The molecule has 14 N–H and O–H groups in total. The van der Waals surface area contributed by atoms with Gasteiger partial charge in [-0.3, -0.25) is 30.9 Å². The van der Waals surface area contributed by atoms with Crippen molar-refractivity contribution in [3.8, 4) is 0 Å². The minimum absolute atomic E-state index is 0.153. The van der Waals surface area contributed by atoms with E-state index in [1.54, 1.807) is 0 Å². The molecule has 460 valence electrons. The molecule has 2 unspecified atom stereocenters. The normalized spacial score (nSPS) is 11.5. The van der Waals surface area contributed by atoms with Crippen LogP contribution in [-0.4, -0.2) is 174 Å². The van der Waals surface area contributed by atoms with Crippen molar-refractivity contribution < 1.29 is 57.3 Å². The Bertz CT molecular complexity index is 2220. The molecule has 4 aromatic rings. The first-order chi connectivity index (χ1) is 40.5. The Morgan fingerprint density at radius 1 is 0.349 bits per heavy atom. The maximum Gasteiger partial charge on any atom is 0.407 e. The molecule has 0 aromatic carbocycles. The van der Waals surface area contributed by atoms with Crippen LogP contribution < -0.4 is 53.2 Å². The van der Waals surface area contributed by atoms with Crippen molar-refractivity contribution in [2.75, 3.05) is 73.7 Å². The summed E-state index contributed by atoms with van der Waals surface area (Å²) in [6.45, 7) is 2.01. The minimum atomic E-state index is -0.857. The Kier molecular flexibility index (Phi) is 34.5. The topological polar surface area (TPSA) is 460 Å². The molecule has 0 aliphatic carbocycles. The summed E-state index contributed by atoms with van der Waals surface area (Å²) in [7, 11) is 0. The number of anilines is 4. The van der Waals surface area contributed by atoms with Crippen molar-refractivity contribution in [3.63, 3.8) is 0 Å². The molecule has 34 heteroatoms. The van der Waals surface area contributed by atoms with Gasteiger partial charge in [-0.25, -0.2) is 49.2 Å². The number of carbonyl (C=O) groups excluding carboxylic acids is 8. The zero-order chi connectivity index (χ0) is 59.2. The van der Waals surface area contributed by atoms with Crippen molar-refractivity contribution in [2.24, 2.45) is 0 Å². The molecule has 0 saturated heterocycles. The van der Waals surface area contributed by atoms with E-state index in [4.69, 9.17) is 18.9 Å². The molecule has 0 spiro atoms. The summed E-state index contributed by atoms with van der Waals surface area (Å²) in [5.74, 6) is 0.0487. The Morgan fingerprint density at radius 3 is 0.892 bits per heavy atom. The van der Waals surface area contributed by atoms with Gasteiger partial charge in [-0.05, 0) is 70.6 Å². The summed E-state index contributed by atoms with van der Waals surface area (Å²) < 4.78 is 22.7. The fourth-order valence-corrected chi connectivity index (χ4v) is 7.74. The molecule has 34 nitrogen and oxygen atoms in total. The second-order valence-corrected chi connectivity index (χ2v) is 18.9. The number of hydrogen-bond acceptors (Lipinski definition) is 20. The summed E-state index contributed by atoms with van der Waals surface area (Å²) >= 11 is 0. The zero-order valence-electron chi connectivity index (χ0n) is 46.9. The van der Waals surface area contributed by atoms with Crippen LogP contribution in [0.5, 0.6) is 0 Å². The highest BCUT2D eigenvalue weighted by Gasteiger charge is 2.22. The SMILES string of the molecule is O=C(NCCCCCCCC(=O)OCC(CCCC(COC(=O)CCCCCCCNC(=O)Nc1ncn[nH]1)OC(=O)NCCCCCCNC(=O)Nc1ncn[nH]1)OC(=O)NCCCCCCNC(=O)Nc1ncn[nH]1)Nc1ncn[nH]1. The Morgan fingerprint density at radius 2 is 0.614 bits per heavy atom. The van der Waals surface area contributed by atoms with E-state index in [-0.39, 0.29) is 62.7 Å². The number of hydrogen-bond donors (Lipinski definition) is 14. The first-order valence-corrected chi connectivity index (χ1v) is 28.3. The van der Waals surface area contributed by atoms with E-state index in [2.05, 4.69) is 114 Å². The molecule has 0 bridgehead atoms. The van der Waals surface area contributed by atoms with Gasteiger partial charge in [0.2, 0.25) is 23.8 Å². The highest BCUT2D eigenvalue weighted by molar-refractivity contribution is 5.88. The number of ether oxygens (including phenoxy) is 4. The lowest BCUT2D eigenvalue weighted by Crippen LogP contribution is -2.34. The molecule has 0 radical (unpaired) electrons. The predicted molar refractivity (Wildman–Crippen MR) is 298 cm³/mol. The average molecular weight is 1170 g/mol. The molecule has 0 fully saturated rings. The highest BCUT2D eigenvalue weighted by Crippen LogP contribution is 2.15. The summed E-state index contributed by atoms with van der Waals surface area (Å²) in [4.78, 5) is 115. The smallest absolute Gasteiger partial charge is 0.407 e. The van der Waals surface area contributed by atoms with Gasteiger partial charge < -0.3 is 50.8 Å². The van der Waals surface area contributed by atoms with Gasteiger partial charge in [-0.1, -0.05) is 64.2 Å². The van der Waals surface area contributed by atoms with E-state index in [9.17, 15) is 38.4 Å². The Labute approximate surface area is 479 Å². The monoisotopic (exact) mass is 1170 g/mol. The highest BCUT2D eigenvalue weighted by atomic mass is 16.6. The third-order valence-corrected chi connectivity index (χ3v) is 12.1. The molecule has 0 aliphatic rings. The third kappa shape index (κ3) is 34.8. The predicted octanol–water partition coefficient (Wildman–Crippen LogP) is 4.99. The van der Waals surface area contributed by atoms with Gasteiger partial charge in [0.1, 0.15) is 50.7 Å². The number of alkyl carbamates (subject to hydrolysis) is 2. The molecule has 0 aliphatic heterocycles. The Hall–Kier alpha value is -8.88. The number of aromatic amines is 4. The maximum atomic E-state index is 13.1. The number of aromatic nitrogens is 12. The van der Waals surface area contributed by atoms with E-state index in [1.807, 2.05) is 0 Å². The molecule has 4 heterocycles. The van der Waals surface area contributed by atoms with Crippen LogP contribution in [0.4, 0.5) is 52.6 Å². The lowest BCUT2D eigenvalue weighted by molar-refractivity contribution is -0.147. The van der Waals surface area contributed by atoms with Gasteiger partial charge in [0, 0.05) is 52.1 Å². The molecule has 83 heavy (non-hydrogen) atoms. The van der Waals surface area contributed by atoms with E-state index < -0.39 is 60.5 Å². The molecule has 4 aromatic heterocycles. The summed E-state index contributed by atoms with van der Waals surface area (Å²) in [5.41, 5.74) is 0. The van der Waals surface area contributed by atoms with E-state index in [0.29, 0.717) is 84.2 Å². The van der Waals surface area contributed by atoms with Crippen LogP contribution >= 0.6 is 0 Å².